The fourth-order valence-corrected chi connectivity index (χ4v) is 3.29. The van der Waals surface area contributed by atoms with Crippen molar-refractivity contribution in [1.82, 2.24) is 20.0 Å². The van der Waals surface area contributed by atoms with Crippen LogP contribution in [0, 0.1) is 13.8 Å². The quantitative estimate of drug-likeness (QED) is 0.746. The van der Waals surface area contributed by atoms with Crippen molar-refractivity contribution in [3.05, 3.63) is 52.3 Å². The number of carbonyl (C=O) groups excluding carboxylic acids is 1. The van der Waals surface area contributed by atoms with E-state index in [4.69, 9.17) is 0 Å². The summed E-state index contributed by atoms with van der Waals surface area (Å²) in [4.78, 5) is 12.3. The van der Waals surface area contributed by atoms with Crippen LogP contribution in [0.4, 0.5) is 10.8 Å². The van der Waals surface area contributed by atoms with Gasteiger partial charge in [0.15, 0.2) is 0 Å². The van der Waals surface area contributed by atoms with Crippen LogP contribution in [0.15, 0.2) is 30.3 Å². The van der Waals surface area contributed by atoms with E-state index in [1.165, 1.54) is 21.6 Å². The van der Waals surface area contributed by atoms with Crippen LogP contribution in [0.3, 0.4) is 0 Å². The molecule has 25 heavy (non-hydrogen) atoms. The molecular formula is C18H21N5OS. The molecule has 2 heterocycles. The number of hydrogen-bond acceptors (Lipinski definition) is 6. The van der Waals surface area contributed by atoms with Gasteiger partial charge in [0.05, 0.1) is 12.1 Å². The molecule has 0 bridgehead atoms. The third-order valence-corrected chi connectivity index (χ3v) is 4.68. The Balaban J connectivity index is 1.66. The Morgan fingerprint density at radius 3 is 2.52 bits per heavy atom. The highest BCUT2D eigenvalue weighted by Crippen LogP contribution is 2.23. The van der Waals surface area contributed by atoms with Crippen molar-refractivity contribution < 1.29 is 4.79 Å². The Labute approximate surface area is 150 Å². The molecule has 1 N–H and O–H groups in total. The Morgan fingerprint density at radius 1 is 1.20 bits per heavy atom. The summed E-state index contributed by atoms with van der Waals surface area (Å²) in [5.41, 5.74) is 3.90. The van der Waals surface area contributed by atoms with Gasteiger partial charge >= 0.3 is 0 Å². The van der Waals surface area contributed by atoms with Crippen molar-refractivity contribution in [2.24, 2.45) is 0 Å². The van der Waals surface area contributed by atoms with E-state index < -0.39 is 0 Å². The summed E-state index contributed by atoms with van der Waals surface area (Å²) in [6.45, 7) is 8.07. The summed E-state index contributed by atoms with van der Waals surface area (Å²) in [5.74, 6) is 0.400. The largest absolute Gasteiger partial charge is 0.330 e. The molecule has 3 rings (SSSR count). The summed E-state index contributed by atoms with van der Waals surface area (Å²) >= 11 is 1.38. The lowest BCUT2D eigenvalue weighted by molar-refractivity contribution is 0.0895. The fraction of sp³-hybridized carbons (Fsp3) is 0.333. The molecule has 0 amide bonds. The summed E-state index contributed by atoms with van der Waals surface area (Å²) in [6, 6.07) is 10.1. The van der Waals surface area contributed by atoms with Gasteiger partial charge in [-0.2, -0.15) is 5.10 Å². The predicted molar refractivity (Wildman–Crippen MR) is 99.8 cm³/mol. The predicted octanol–water partition coefficient (Wildman–Crippen LogP) is 4.10. The van der Waals surface area contributed by atoms with Gasteiger partial charge in [-0.15, -0.1) is 10.2 Å². The third kappa shape index (κ3) is 4.11. The normalized spacial score (nSPS) is 11.1. The second-order valence-electron chi connectivity index (χ2n) is 6.31. The SMILES string of the molecule is Cc1cc(C)n(C(=O)Cc2nnc(Nc3ccc(C(C)C)cc3)s2)n1. The van der Waals surface area contributed by atoms with Crippen molar-refractivity contribution in [2.45, 2.75) is 40.0 Å². The minimum absolute atomic E-state index is 0.102. The molecule has 2 aromatic heterocycles. The molecule has 0 atom stereocenters. The molecule has 0 unspecified atom stereocenters. The molecule has 3 aromatic rings. The highest BCUT2D eigenvalue weighted by molar-refractivity contribution is 7.15. The summed E-state index contributed by atoms with van der Waals surface area (Å²) < 4.78 is 1.43. The van der Waals surface area contributed by atoms with Gasteiger partial charge in [-0.25, -0.2) is 4.68 Å². The monoisotopic (exact) mass is 355 g/mol. The van der Waals surface area contributed by atoms with Crippen LogP contribution in [-0.4, -0.2) is 25.9 Å². The van der Waals surface area contributed by atoms with Crippen LogP contribution < -0.4 is 5.32 Å². The number of aromatic nitrogens is 4. The van der Waals surface area contributed by atoms with E-state index in [0.29, 0.717) is 16.1 Å². The number of aryl methyl sites for hydroxylation is 2. The van der Waals surface area contributed by atoms with Crippen LogP contribution >= 0.6 is 11.3 Å². The molecule has 0 aliphatic carbocycles. The fourth-order valence-electron chi connectivity index (χ4n) is 2.54. The number of nitrogens with one attached hydrogen (secondary N) is 1. The van der Waals surface area contributed by atoms with Gasteiger partial charge in [0.25, 0.3) is 5.91 Å². The Morgan fingerprint density at radius 2 is 1.92 bits per heavy atom. The van der Waals surface area contributed by atoms with Crippen LogP contribution in [0.1, 0.15) is 46.5 Å². The van der Waals surface area contributed by atoms with Crippen LogP contribution in [-0.2, 0) is 6.42 Å². The minimum Gasteiger partial charge on any atom is -0.330 e. The van der Waals surface area contributed by atoms with E-state index in [0.717, 1.165) is 17.1 Å². The van der Waals surface area contributed by atoms with Gasteiger partial charge in [0.1, 0.15) is 5.01 Å². The van der Waals surface area contributed by atoms with E-state index in [1.54, 1.807) is 0 Å². The maximum absolute atomic E-state index is 12.3. The standard InChI is InChI=1S/C18H21N5OS/c1-11(2)14-5-7-15(8-6-14)19-18-21-20-16(25-18)10-17(24)23-13(4)9-12(3)22-23/h5-9,11H,10H2,1-4H3,(H,19,21). The smallest absolute Gasteiger partial charge is 0.254 e. The lowest BCUT2D eigenvalue weighted by Crippen LogP contribution is -2.16. The van der Waals surface area contributed by atoms with Crippen molar-refractivity contribution in [2.75, 3.05) is 5.32 Å². The number of nitrogens with zero attached hydrogens (tertiary/aromatic N) is 4. The first kappa shape index (κ1) is 17.3. The molecule has 0 spiro atoms. The zero-order chi connectivity index (χ0) is 18.0. The average Bonchev–Trinajstić information content (AvgIpc) is 3.13. The molecule has 0 aliphatic heterocycles. The number of anilines is 2. The van der Waals surface area contributed by atoms with Gasteiger partial charge in [-0.05, 0) is 43.5 Å². The van der Waals surface area contributed by atoms with Gasteiger partial charge in [-0.3, -0.25) is 4.79 Å². The number of rotatable bonds is 5. The lowest BCUT2D eigenvalue weighted by Gasteiger charge is -2.06. The maximum atomic E-state index is 12.3. The van der Waals surface area contributed by atoms with Crippen molar-refractivity contribution in [3.8, 4) is 0 Å². The van der Waals surface area contributed by atoms with E-state index in [2.05, 4.69) is 46.6 Å². The molecule has 6 nitrogen and oxygen atoms in total. The first-order valence-corrected chi connectivity index (χ1v) is 9.00. The Hall–Kier alpha value is -2.54. The molecule has 0 fully saturated rings. The van der Waals surface area contributed by atoms with E-state index >= 15 is 0 Å². The molecule has 0 saturated heterocycles. The second kappa shape index (κ2) is 7.14. The minimum atomic E-state index is -0.102. The van der Waals surface area contributed by atoms with E-state index in [1.807, 2.05) is 32.0 Å². The molecule has 0 saturated carbocycles. The highest BCUT2D eigenvalue weighted by atomic mass is 32.1. The van der Waals surface area contributed by atoms with Crippen LogP contribution in [0.2, 0.25) is 0 Å². The van der Waals surface area contributed by atoms with Crippen molar-refractivity contribution in [3.63, 3.8) is 0 Å². The zero-order valence-electron chi connectivity index (χ0n) is 14.8. The lowest BCUT2D eigenvalue weighted by atomic mass is 10.0. The molecule has 1 aromatic carbocycles. The molecule has 0 radical (unpaired) electrons. The van der Waals surface area contributed by atoms with Gasteiger partial charge in [0.2, 0.25) is 5.13 Å². The van der Waals surface area contributed by atoms with E-state index in [-0.39, 0.29) is 12.3 Å². The molecule has 0 aliphatic rings. The highest BCUT2D eigenvalue weighted by Gasteiger charge is 2.14. The first-order valence-electron chi connectivity index (χ1n) is 8.18. The van der Waals surface area contributed by atoms with Crippen LogP contribution in [0.25, 0.3) is 0 Å². The molecular weight excluding hydrogens is 334 g/mol. The van der Waals surface area contributed by atoms with Gasteiger partial charge in [-0.1, -0.05) is 37.3 Å². The maximum Gasteiger partial charge on any atom is 0.254 e. The molecule has 130 valence electrons. The Bertz CT molecular complexity index is 879. The first-order chi connectivity index (χ1) is 11.9. The Kier molecular flexibility index (Phi) is 4.94. The van der Waals surface area contributed by atoms with Crippen LogP contribution in [0.5, 0.6) is 0 Å². The number of carbonyl (C=O) groups is 1. The average molecular weight is 355 g/mol. The van der Waals surface area contributed by atoms with Gasteiger partial charge in [0, 0.05) is 11.4 Å². The van der Waals surface area contributed by atoms with E-state index in [9.17, 15) is 4.79 Å². The number of hydrogen-bond donors (Lipinski definition) is 1. The number of benzene rings is 1. The van der Waals surface area contributed by atoms with Crippen molar-refractivity contribution in [1.29, 1.82) is 0 Å². The zero-order valence-corrected chi connectivity index (χ0v) is 15.6. The van der Waals surface area contributed by atoms with Crippen molar-refractivity contribution >= 4 is 28.1 Å². The molecule has 7 heteroatoms. The third-order valence-electron chi connectivity index (χ3n) is 3.84. The summed E-state index contributed by atoms with van der Waals surface area (Å²) in [7, 11) is 0. The van der Waals surface area contributed by atoms with Gasteiger partial charge < -0.3 is 5.32 Å². The second-order valence-corrected chi connectivity index (χ2v) is 7.37. The summed E-state index contributed by atoms with van der Waals surface area (Å²) in [5, 5.41) is 17.0. The topological polar surface area (TPSA) is 72.7 Å². The summed E-state index contributed by atoms with van der Waals surface area (Å²) in [6.07, 6.45) is 0.188.